The van der Waals surface area contributed by atoms with Crippen LogP contribution in [0.1, 0.15) is 16.1 Å². The van der Waals surface area contributed by atoms with Crippen molar-refractivity contribution in [2.24, 2.45) is 7.05 Å². The van der Waals surface area contributed by atoms with Crippen LogP contribution in [0.15, 0.2) is 34.4 Å². The number of thiazole rings is 1. The number of rotatable bonds is 2. The van der Waals surface area contributed by atoms with E-state index in [1.165, 1.54) is 15.9 Å². The average molecular weight is 315 g/mol. The number of para-hydroxylation sites is 1. The number of nitrogens with zero attached hydrogens (tertiary/aromatic N) is 2. The molecule has 2 heterocycles. The number of fused-ring (bicyclic) bond motifs is 1. The number of anilines is 1. The molecular formula is C15H13N3O3S. The molecule has 22 heavy (non-hydrogen) atoms. The number of nitrogens with one attached hydrogen (secondary N) is 1. The minimum absolute atomic E-state index is 0.283. The summed E-state index contributed by atoms with van der Waals surface area (Å²) in [6, 6.07) is 6.87. The lowest BCUT2D eigenvalue weighted by Crippen LogP contribution is -2.28. The Bertz CT molecular complexity index is 943. The Hall–Kier alpha value is -2.67. The third kappa shape index (κ3) is 2.25. The number of hydrogen-bond acceptors (Lipinski definition) is 5. The maximum Gasteiger partial charge on any atom is 0.267 e. The fourth-order valence-corrected chi connectivity index (χ4v) is 2.94. The fraction of sp³-hybridized carbons (Fsp3) is 0.133. The van der Waals surface area contributed by atoms with Crippen LogP contribution >= 0.6 is 11.3 Å². The van der Waals surface area contributed by atoms with E-state index in [4.69, 9.17) is 0 Å². The highest BCUT2D eigenvalue weighted by atomic mass is 32.1. The Morgan fingerprint density at radius 2 is 2.09 bits per heavy atom. The van der Waals surface area contributed by atoms with Gasteiger partial charge in [-0.3, -0.25) is 14.9 Å². The van der Waals surface area contributed by atoms with Gasteiger partial charge >= 0.3 is 0 Å². The predicted octanol–water partition coefficient (Wildman–Crippen LogP) is 2.26. The highest BCUT2D eigenvalue weighted by Gasteiger charge is 2.21. The minimum atomic E-state index is -0.668. The van der Waals surface area contributed by atoms with E-state index in [9.17, 15) is 14.7 Å². The summed E-state index contributed by atoms with van der Waals surface area (Å²) in [4.78, 5) is 28.8. The standard InChI is InChI=1S/C15H13N3O3S/c1-8-7-22-15(16-8)17-13(20)11-12(19)9-5-3-4-6-10(9)18(2)14(11)21/h3-7,19H,1-2H3,(H,16,17,20). The van der Waals surface area contributed by atoms with Crippen molar-refractivity contribution >= 4 is 33.3 Å². The van der Waals surface area contributed by atoms with Crippen molar-refractivity contribution in [2.75, 3.05) is 5.32 Å². The van der Waals surface area contributed by atoms with Crippen LogP contribution in [0.3, 0.4) is 0 Å². The number of hydrogen-bond donors (Lipinski definition) is 2. The first-order chi connectivity index (χ1) is 10.5. The fourth-order valence-electron chi connectivity index (χ4n) is 2.26. The van der Waals surface area contributed by atoms with Gasteiger partial charge in [-0.2, -0.15) is 0 Å². The average Bonchev–Trinajstić information content (AvgIpc) is 2.90. The van der Waals surface area contributed by atoms with Crippen molar-refractivity contribution < 1.29 is 9.90 Å². The molecule has 0 unspecified atom stereocenters. The summed E-state index contributed by atoms with van der Waals surface area (Å²) in [5, 5.41) is 15.5. The highest BCUT2D eigenvalue weighted by Crippen LogP contribution is 2.26. The summed E-state index contributed by atoms with van der Waals surface area (Å²) < 4.78 is 1.34. The molecule has 112 valence electrons. The molecule has 0 atom stereocenters. The van der Waals surface area contributed by atoms with Gasteiger partial charge in [-0.05, 0) is 19.1 Å². The lowest BCUT2D eigenvalue weighted by atomic mass is 10.1. The molecule has 7 heteroatoms. The molecule has 2 aromatic heterocycles. The predicted molar refractivity (Wildman–Crippen MR) is 85.7 cm³/mol. The first-order valence-electron chi connectivity index (χ1n) is 6.53. The minimum Gasteiger partial charge on any atom is -0.506 e. The second kappa shape index (κ2) is 5.27. The number of carbonyl (C=O) groups excluding carboxylic acids is 1. The third-order valence-corrected chi connectivity index (χ3v) is 4.22. The van der Waals surface area contributed by atoms with E-state index in [0.29, 0.717) is 16.0 Å². The van der Waals surface area contributed by atoms with Gasteiger partial charge in [0.1, 0.15) is 11.3 Å². The molecule has 0 radical (unpaired) electrons. The molecule has 0 bridgehead atoms. The largest absolute Gasteiger partial charge is 0.506 e. The molecule has 0 saturated heterocycles. The number of aromatic hydroxyl groups is 1. The van der Waals surface area contributed by atoms with Crippen molar-refractivity contribution in [1.82, 2.24) is 9.55 Å². The molecule has 0 aliphatic heterocycles. The summed E-state index contributed by atoms with van der Waals surface area (Å²) >= 11 is 1.26. The van der Waals surface area contributed by atoms with Crippen LogP contribution in [0, 0.1) is 6.92 Å². The zero-order valence-electron chi connectivity index (χ0n) is 12.0. The van der Waals surface area contributed by atoms with E-state index in [0.717, 1.165) is 5.69 Å². The van der Waals surface area contributed by atoms with Gasteiger partial charge in [0.2, 0.25) is 0 Å². The van der Waals surface area contributed by atoms with Gasteiger partial charge in [0.05, 0.1) is 11.2 Å². The monoisotopic (exact) mass is 315 g/mol. The Morgan fingerprint density at radius 1 is 1.36 bits per heavy atom. The zero-order chi connectivity index (χ0) is 15.9. The van der Waals surface area contributed by atoms with Crippen LogP contribution in [0.2, 0.25) is 0 Å². The van der Waals surface area contributed by atoms with Crippen LogP contribution in [-0.2, 0) is 7.05 Å². The third-order valence-electron chi connectivity index (χ3n) is 3.34. The lowest BCUT2D eigenvalue weighted by molar-refractivity contribution is 0.102. The van der Waals surface area contributed by atoms with Gasteiger partial charge in [-0.15, -0.1) is 11.3 Å². The lowest BCUT2D eigenvalue weighted by Gasteiger charge is -2.11. The molecule has 0 fully saturated rings. The van der Waals surface area contributed by atoms with E-state index < -0.39 is 11.5 Å². The maximum absolute atomic E-state index is 12.4. The first kappa shape index (κ1) is 14.3. The SMILES string of the molecule is Cc1csc(NC(=O)c2c(O)c3ccccc3n(C)c2=O)n1. The number of aryl methyl sites for hydroxylation is 2. The first-order valence-corrected chi connectivity index (χ1v) is 7.41. The molecule has 2 N–H and O–H groups in total. The summed E-state index contributed by atoms with van der Waals surface area (Å²) in [6.07, 6.45) is 0. The van der Waals surface area contributed by atoms with Gasteiger partial charge < -0.3 is 9.67 Å². The van der Waals surface area contributed by atoms with Gasteiger partial charge in [0.25, 0.3) is 11.5 Å². The Labute approximate surface area is 129 Å². The van der Waals surface area contributed by atoms with Crippen molar-refractivity contribution in [3.05, 3.63) is 51.3 Å². The number of pyridine rings is 1. The van der Waals surface area contributed by atoms with Gasteiger partial charge in [-0.1, -0.05) is 12.1 Å². The highest BCUT2D eigenvalue weighted by molar-refractivity contribution is 7.13. The molecule has 3 rings (SSSR count). The van der Waals surface area contributed by atoms with Crippen molar-refractivity contribution in [1.29, 1.82) is 0 Å². The number of aromatic nitrogens is 2. The van der Waals surface area contributed by atoms with Gasteiger partial charge in [0, 0.05) is 17.8 Å². The molecule has 0 aliphatic rings. The molecule has 0 saturated carbocycles. The maximum atomic E-state index is 12.4. The van der Waals surface area contributed by atoms with Crippen LogP contribution in [0.5, 0.6) is 5.75 Å². The van der Waals surface area contributed by atoms with Crippen molar-refractivity contribution in [3.63, 3.8) is 0 Å². The second-order valence-electron chi connectivity index (χ2n) is 4.85. The van der Waals surface area contributed by atoms with E-state index >= 15 is 0 Å². The molecule has 1 aromatic carbocycles. The van der Waals surface area contributed by atoms with Crippen LogP contribution in [0.25, 0.3) is 10.9 Å². The molecule has 1 amide bonds. The Kier molecular flexibility index (Phi) is 3.42. The molecule has 0 aliphatic carbocycles. The molecule has 6 nitrogen and oxygen atoms in total. The van der Waals surface area contributed by atoms with E-state index in [2.05, 4.69) is 10.3 Å². The molecule has 0 spiro atoms. The normalized spacial score (nSPS) is 10.8. The van der Waals surface area contributed by atoms with Crippen LogP contribution in [-0.4, -0.2) is 20.6 Å². The van der Waals surface area contributed by atoms with Crippen molar-refractivity contribution in [3.8, 4) is 5.75 Å². The number of carbonyl (C=O) groups is 1. The Morgan fingerprint density at radius 3 is 2.77 bits per heavy atom. The van der Waals surface area contributed by atoms with E-state index in [1.807, 2.05) is 0 Å². The number of benzene rings is 1. The molecule has 3 aromatic rings. The Balaban J connectivity index is 2.14. The van der Waals surface area contributed by atoms with Gasteiger partial charge in [0.15, 0.2) is 5.13 Å². The van der Waals surface area contributed by atoms with Crippen molar-refractivity contribution in [2.45, 2.75) is 6.92 Å². The van der Waals surface area contributed by atoms with Crippen LogP contribution < -0.4 is 10.9 Å². The molecular weight excluding hydrogens is 302 g/mol. The summed E-state index contributed by atoms with van der Waals surface area (Å²) in [7, 11) is 1.56. The van der Waals surface area contributed by atoms with E-state index in [-0.39, 0.29) is 11.3 Å². The van der Waals surface area contributed by atoms with Crippen LogP contribution in [0.4, 0.5) is 5.13 Å². The summed E-state index contributed by atoms with van der Waals surface area (Å²) in [6.45, 7) is 1.80. The van der Waals surface area contributed by atoms with E-state index in [1.54, 1.807) is 43.6 Å². The zero-order valence-corrected chi connectivity index (χ0v) is 12.8. The summed E-state index contributed by atoms with van der Waals surface area (Å²) in [5.74, 6) is -0.984. The topological polar surface area (TPSA) is 84.2 Å². The number of amides is 1. The smallest absolute Gasteiger partial charge is 0.267 e. The second-order valence-corrected chi connectivity index (χ2v) is 5.71. The summed E-state index contributed by atoms with van der Waals surface area (Å²) in [5.41, 5.74) is 0.499. The quantitative estimate of drug-likeness (QED) is 0.760. The van der Waals surface area contributed by atoms with Gasteiger partial charge in [-0.25, -0.2) is 4.98 Å².